The number of aliphatic imine (C=N–C) groups is 1. The van der Waals surface area contributed by atoms with Crippen molar-refractivity contribution in [3.8, 4) is 22.9 Å². The number of carbonyl (C=O) groups excluding carboxylic acids is 1. The van der Waals surface area contributed by atoms with E-state index in [1.54, 1.807) is 30.3 Å². The summed E-state index contributed by atoms with van der Waals surface area (Å²) in [5, 5.41) is 9.35. The van der Waals surface area contributed by atoms with E-state index in [4.69, 9.17) is 10.5 Å². The van der Waals surface area contributed by atoms with E-state index >= 15 is 0 Å². The number of carbonyl (C=O) groups is 1. The summed E-state index contributed by atoms with van der Waals surface area (Å²) in [6, 6.07) is 17.1. The first-order valence-corrected chi connectivity index (χ1v) is 11.0. The van der Waals surface area contributed by atoms with Gasteiger partial charge in [0.25, 0.3) is 12.3 Å². The highest BCUT2D eigenvalue weighted by molar-refractivity contribution is 6.09. The SMILES string of the molecule is CN1C(=O)C(c2cc(OC3CC3)cc(-c3cccc(C#N)c3)c2)(c2ccnc(C(F)F)c2)N=C1N. The molecule has 1 fully saturated rings. The number of likely N-dealkylation sites (N-methyl/N-ethyl adjacent to an activating group) is 1. The first-order chi connectivity index (χ1) is 16.8. The topological polar surface area (TPSA) is 105 Å². The average molecular weight is 473 g/mol. The summed E-state index contributed by atoms with van der Waals surface area (Å²) in [5.41, 5.74) is 6.43. The van der Waals surface area contributed by atoms with Gasteiger partial charge in [0.15, 0.2) is 11.5 Å². The molecule has 35 heavy (non-hydrogen) atoms. The third-order valence-electron chi connectivity index (χ3n) is 6.14. The molecule has 2 aliphatic rings. The number of nitrogens with zero attached hydrogens (tertiary/aromatic N) is 4. The van der Waals surface area contributed by atoms with Crippen LogP contribution in [-0.2, 0) is 10.3 Å². The van der Waals surface area contributed by atoms with Crippen LogP contribution in [-0.4, -0.2) is 34.9 Å². The minimum atomic E-state index is -2.82. The zero-order chi connectivity index (χ0) is 24.7. The fraction of sp³-hybridized carbons (Fsp3) is 0.231. The van der Waals surface area contributed by atoms with Gasteiger partial charge in [-0.2, -0.15) is 5.26 Å². The Kier molecular flexibility index (Phi) is 5.44. The highest BCUT2D eigenvalue weighted by Gasteiger charge is 2.50. The van der Waals surface area contributed by atoms with Crippen LogP contribution in [0, 0.1) is 11.3 Å². The zero-order valence-corrected chi connectivity index (χ0v) is 18.8. The number of halogens is 2. The monoisotopic (exact) mass is 473 g/mol. The molecule has 0 spiro atoms. The standard InChI is InChI=1S/C26H21F2N5O2/c1-33-24(34)26(32-25(33)30,18-7-8-31-22(13-18)23(27)28)19-10-17(11-21(12-19)35-20-5-6-20)16-4-2-3-15(9-16)14-29/h2-4,7-13,20,23H,5-6H2,1H3,(H2,30,32). The number of hydrogen-bond acceptors (Lipinski definition) is 6. The molecule has 1 unspecified atom stereocenters. The fourth-order valence-electron chi connectivity index (χ4n) is 4.17. The summed E-state index contributed by atoms with van der Waals surface area (Å²) in [4.78, 5) is 23.1. The van der Waals surface area contributed by atoms with Gasteiger partial charge in [-0.15, -0.1) is 0 Å². The molecular formula is C26H21F2N5O2. The molecule has 1 aliphatic carbocycles. The van der Waals surface area contributed by atoms with Gasteiger partial charge in [-0.1, -0.05) is 12.1 Å². The van der Waals surface area contributed by atoms with Crippen molar-refractivity contribution in [2.75, 3.05) is 7.05 Å². The van der Waals surface area contributed by atoms with Crippen LogP contribution >= 0.6 is 0 Å². The molecule has 1 saturated carbocycles. The number of nitrogens with two attached hydrogens (primary N) is 1. The maximum Gasteiger partial charge on any atom is 0.280 e. The van der Waals surface area contributed by atoms with Crippen LogP contribution in [0.15, 0.2) is 65.8 Å². The molecule has 0 saturated heterocycles. The number of alkyl halides is 2. The van der Waals surface area contributed by atoms with E-state index in [-0.39, 0.29) is 17.6 Å². The lowest BCUT2D eigenvalue weighted by Gasteiger charge is -2.27. The number of guanidine groups is 1. The quantitative estimate of drug-likeness (QED) is 0.580. The molecule has 3 aromatic rings. The van der Waals surface area contributed by atoms with Gasteiger partial charge in [-0.05, 0) is 77.6 Å². The smallest absolute Gasteiger partial charge is 0.280 e. The molecule has 5 rings (SSSR count). The van der Waals surface area contributed by atoms with Crippen LogP contribution in [0.4, 0.5) is 8.78 Å². The predicted molar refractivity (Wildman–Crippen MR) is 125 cm³/mol. The Bertz CT molecular complexity index is 1400. The molecule has 1 amide bonds. The molecule has 2 N–H and O–H groups in total. The number of benzene rings is 2. The maximum atomic E-state index is 13.7. The molecule has 9 heteroatoms. The first kappa shape index (κ1) is 22.5. The second-order valence-electron chi connectivity index (χ2n) is 8.57. The van der Waals surface area contributed by atoms with E-state index in [1.807, 2.05) is 12.1 Å². The molecule has 2 heterocycles. The fourth-order valence-corrected chi connectivity index (χ4v) is 4.17. The van der Waals surface area contributed by atoms with Gasteiger partial charge in [0.2, 0.25) is 0 Å². The second-order valence-corrected chi connectivity index (χ2v) is 8.57. The van der Waals surface area contributed by atoms with Crippen LogP contribution in [0.2, 0.25) is 0 Å². The van der Waals surface area contributed by atoms with Crippen molar-refractivity contribution in [1.82, 2.24) is 9.88 Å². The Morgan fingerprint density at radius 3 is 2.60 bits per heavy atom. The van der Waals surface area contributed by atoms with Gasteiger partial charge >= 0.3 is 0 Å². The third-order valence-corrected chi connectivity index (χ3v) is 6.14. The Morgan fingerprint density at radius 2 is 1.94 bits per heavy atom. The highest BCUT2D eigenvalue weighted by atomic mass is 19.3. The number of nitriles is 1. The number of aromatic nitrogens is 1. The lowest BCUT2D eigenvalue weighted by Crippen LogP contribution is -2.41. The summed E-state index contributed by atoms with van der Waals surface area (Å²) in [6.07, 6.45) is 0.322. The predicted octanol–water partition coefficient (Wildman–Crippen LogP) is 4.13. The van der Waals surface area contributed by atoms with Crippen molar-refractivity contribution in [2.24, 2.45) is 10.7 Å². The number of hydrogen-bond donors (Lipinski definition) is 1. The highest BCUT2D eigenvalue weighted by Crippen LogP contribution is 2.43. The average Bonchev–Trinajstić information content (AvgIpc) is 3.66. The Morgan fingerprint density at radius 1 is 1.14 bits per heavy atom. The minimum Gasteiger partial charge on any atom is -0.490 e. The molecule has 0 bridgehead atoms. The molecule has 0 radical (unpaired) electrons. The number of rotatable bonds is 6. The minimum absolute atomic E-state index is 0.0352. The van der Waals surface area contributed by atoms with Gasteiger partial charge in [0.1, 0.15) is 11.4 Å². The van der Waals surface area contributed by atoms with Gasteiger partial charge < -0.3 is 10.5 Å². The van der Waals surface area contributed by atoms with E-state index in [0.29, 0.717) is 22.4 Å². The third kappa shape index (κ3) is 3.97. The molecule has 2 aromatic carbocycles. The number of ether oxygens (including phenoxy) is 1. The van der Waals surface area contributed by atoms with Gasteiger partial charge in [0.05, 0.1) is 17.7 Å². The Balaban J connectivity index is 1.76. The summed E-state index contributed by atoms with van der Waals surface area (Å²) >= 11 is 0. The van der Waals surface area contributed by atoms with Crippen molar-refractivity contribution in [1.29, 1.82) is 5.26 Å². The number of amides is 1. The van der Waals surface area contributed by atoms with E-state index in [0.717, 1.165) is 18.4 Å². The van der Waals surface area contributed by atoms with Crippen molar-refractivity contribution in [2.45, 2.75) is 30.9 Å². The normalized spacial score (nSPS) is 19.6. The van der Waals surface area contributed by atoms with E-state index in [2.05, 4.69) is 16.0 Å². The second kappa shape index (κ2) is 8.47. The summed E-state index contributed by atoms with van der Waals surface area (Å²) in [7, 11) is 1.49. The van der Waals surface area contributed by atoms with E-state index in [1.165, 1.54) is 30.3 Å². The lowest BCUT2D eigenvalue weighted by atomic mass is 9.81. The molecule has 7 nitrogen and oxygen atoms in total. The maximum absolute atomic E-state index is 13.7. The molecule has 176 valence electrons. The molecule has 1 atom stereocenters. The first-order valence-electron chi connectivity index (χ1n) is 11.0. The van der Waals surface area contributed by atoms with Crippen LogP contribution in [0.5, 0.6) is 5.75 Å². The van der Waals surface area contributed by atoms with Gasteiger partial charge in [-0.25, -0.2) is 13.8 Å². The molecular weight excluding hydrogens is 452 g/mol. The van der Waals surface area contributed by atoms with E-state index < -0.39 is 23.6 Å². The zero-order valence-electron chi connectivity index (χ0n) is 18.8. The Labute approximate surface area is 200 Å². The van der Waals surface area contributed by atoms with Gasteiger partial charge in [-0.3, -0.25) is 14.7 Å². The summed E-state index contributed by atoms with van der Waals surface area (Å²) in [5.74, 6) is -0.00494. The van der Waals surface area contributed by atoms with Crippen LogP contribution in [0.1, 0.15) is 41.7 Å². The van der Waals surface area contributed by atoms with Crippen molar-refractivity contribution in [3.05, 3.63) is 83.2 Å². The van der Waals surface area contributed by atoms with Crippen LogP contribution in [0.25, 0.3) is 11.1 Å². The van der Waals surface area contributed by atoms with Crippen LogP contribution in [0.3, 0.4) is 0 Å². The van der Waals surface area contributed by atoms with Crippen molar-refractivity contribution >= 4 is 11.9 Å². The van der Waals surface area contributed by atoms with Gasteiger partial charge in [0, 0.05) is 13.2 Å². The van der Waals surface area contributed by atoms with E-state index in [9.17, 15) is 18.8 Å². The molecule has 1 aromatic heterocycles. The number of pyridine rings is 1. The molecule has 1 aliphatic heterocycles. The summed E-state index contributed by atoms with van der Waals surface area (Å²) in [6.45, 7) is 0. The van der Waals surface area contributed by atoms with Crippen molar-refractivity contribution < 1.29 is 18.3 Å². The van der Waals surface area contributed by atoms with Crippen molar-refractivity contribution in [3.63, 3.8) is 0 Å². The Hall–Kier alpha value is -4.32. The van der Waals surface area contributed by atoms with Crippen LogP contribution < -0.4 is 10.5 Å². The lowest BCUT2D eigenvalue weighted by molar-refractivity contribution is -0.129. The largest absolute Gasteiger partial charge is 0.490 e. The summed E-state index contributed by atoms with van der Waals surface area (Å²) < 4.78 is 33.1.